The highest BCUT2D eigenvalue weighted by atomic mass is 35.5. The molecular formula is C17H13ClF4N4O7S. The minimum absolute atomic E-state index is 0.0167. The maximum Gasteiger partial charge on any atom is 0.431 e. The van der Waals surface area contributed by atoms with Gasteiger partial charge < -0.3 is 10.0 Å². The van der Waals surface area contributed by atoms with Gasteiger partial charge in [-0.3, -0.25) is 14.2 Å². The molecule has 1 aliphatic rings. The third kappa shape index (κ3) is 4.50. The van der Waals surface area contributed by atoms with E-state index in [9.17, 15) is 45.2 Å². The Balaban J connectivity index is 2.02. The first-order chi connectivity index (χ1) is 15.5. The minimum Gasteiger partial charge on any atom is -0.465 e. The van der Waals surface area contributed by atoms with Crippen molar-refractivity contribution in [2.75, 3.05) is 13.1 Å². The zero-order valence-corrected chi connectivity index (χ0v) is 18.3. The molecule has 1 aromatic heterocycles. The Morgan fingerprint density at radius 2 is 1.76 bits per heavy atom. The summed E-state index contributed by atoms with van der Waals surface area (Å²) in [6.45, 7) is -0.839. The highest BCUT2D eigenvalue weighted by Gasteiger charge is 2.41. The van der Waals surface area contributed by atoms with Crippen LogP contribution in [0, 0.1) is 5.82 Å². The number of carboxylic acid groups (broad SMARTS) is 1. The third-order valence-corrected chi connectivity index (χ3v) is 6.88. The summed E-state index contributed by atoms with van der Waals surface area (Å²) in [7, 11) is -3.71. The number of benzene rings is 1. The summed E-state index contributed by atoms with van der Waals surface area (Å²) in [5, 5.41) is 6.88. The van der Waals surface area contributed by atoms with Crippen molar-refractivity contribution in [1.82, 2.24) is 18.8 Å². The summed E-state index contributed by atoms with van der Waals surface area (Å²) in [4.78, 5) is 48.7. The summed E-state index contributed by atoms with van der Waals surface area (Å²) in [6.07, 6.45) is -6.44. The molecule has 1 saturated heterocycles. The van der Waals surface area contributed by atoms with E-state index < -0.39 is 85.6 Å². The van der Waals surface area contributed by atoms with Crippen LogP contribution in [0.5, 0.6) is 0 Å². The monoisotopic (exact) mass is 528 g/mol. The van der Waals surface area contributed by atoms with E-state index in [4.69, 9.17) is 16.7 Å². The Morgan fingerprint density at radius 3 is 2.29 bits per heavy atom. The quantitative estimate of drug-likeness (QED) is 0.557. The summed E-state index contributed by atoms with van der Waals surface area (Å²) >= 11 is 5.80. The zero-order chi connectivity index (χ0) is 25.7. The molecule has 0 unspecified atom stereocenters. The van der Waals surface area contributed by atoms with Crippen molar-refractivity contribution in [3.05, 3.63) is 61.1 Å². The lowest BCUT2D eigenvalue weighted by Crippen LogP contribution is -2.59. The SMILES string of the molecule is Cn1c(C(F)(F)F)cc(=O)n(-c2cc(C(=O)NS(=O)(=O)C3CN(C(=O)O)C3)c(Cl)cc2F)c1=O. The van der Waals surface area contributed by atoms with E-state index in [1.165, 1.54) is 0 Å². The van der Waals surface area contributed by atoms with Crippen molar-refractivity contribution in [2.24, 2.45) is 7.05 Å². The van der Waals surface area contributed by atoms with Crippen molar-refractivity contribution in [1.29, 1.82) is 0 Å². The fourth-order valence-electron chi connectivity index (χ4n) is 3.06. The minimum atomic E-state index is -5.07. The molecule has 0 aliphatic carbocycles. The largest absolute Gasteiger partial charge is 0.465 e. The van der Waals surface area contributed by atoms with Gasteiger partial charge in [0.25, 0.3) is 11.5 Å². The molecule has 2 N–H and O–H groups in total. The number of alkyl halides is 3. The summed E-state index contributed by atoms with van der Waals surface area (Å²) in [5.41, 5.74) is -6.44. The molecule has 1 aliphatic heterocycles. The fourth-order valence-corrected chi connectivity index (χ4v) is 4.58. The first-order valence-electron chi connectivity index (χ1n) is 8.98. The topological polar surface area (TPSA) is 148 Å². The molecular weight excluding hydrogens is 516 g/mol. The predicted octanol–water partition coefficient (Wildman–Crippen LogP) is 0.769. The van der Waals surface area contributed by atoms with E-state index in [0.29, 0.717) is 19.2 Å². The molecule has 17 heteroatoms. The van der Waals surface area contributed by atoms with Crippen molar-refractivity contribution >= 4 is 33.6 Å². The van der Waals surface area contributed by atoms with Gasteiger partial charge in [0.15, 0.2) is 0 Å². The molecule has 0 spiro atoms. The lowest BCUT2D eigenvalue weighted by molar-refractivity contribution is -0.144. The summed E-state index contributed by atoms with van der Waals surface area (Å²) in [6, 6.07) is 1.05. The number of likely N-dealkylation sites (tertiary alicyclic amines) is 1. The Labute approximate surface area is 191 Å². The Kier molecular flexibility index (Phi) is 6.25. The van der Waals surface area contributed by atoms with Crippen molar-refractivity contribution < 1.29 is 40.7 Å². The van der Waals surface area contributed by atoms with E-state index in [0.717, 1.165) is 4.90 Å². The van der Waals surface area contributed by atoms with Crippen molar-refractivity contribution in [2.45, 2.75) is 11.4 Å². The van der Waals surface area contributed by atoms with Crippen LogP contribution in [-0.4, -0.2) is 57.9 Å². The molecule has 184 valence electrons. The average Bonchev–Trinajstić information content (AvgIpc) is 2.62. The van der Waals surface area contributed by atoms with E-state index in [-0.39, 0.29) is 15.2 Å². The Bertz CT molecular complexity index is 1430. The average molecular weight is 529 g/mol. The molecule has 2 heterocycles. The first-order valence-corrected chi connectivity index (χ1v) is 10.9. The summed E-state index contributed by atoms with van der Waals surface area (Å²) < 4.78 is 79.9. The van der Waals surface area contributed by atoms with E-state index in [1.54, 1.807) is 4.72 Å². The van der Waals surface area contributed by atoms with Crippen LogP contribution < -0.4 is 16.0 Å². The number of sulfonamides is 1. The van der Waals surface area contributed by atoms with Gasteiger partial charge in [0.05, 0.1) is 16.3 Å². The van der Waals surface area contributed by atoms with Crippen molar-refractivity contribution in [3.8, 4) is 5.69 Å². The van der Waals surface area contributed by atoms with Gasteiger partial charge >= 0.3 is 18.0 Å². The normalized spacial score (nSPS) is 14.6. The van der Waals surface area contributed by atoms with Crippen LogP contribution >= 0.6 is 11.6 Å². The van der Waals surface area contributed by atoms with Gasteiger partial charge in [-0.15, -0.1) is 0 Å². The number of carbonyl (C=O) groups is 2. The number of halogens is 5. The van der Waals surface area contributed by atoms with Gasteiger partial charge in [-0.2, -0.15) is 13.2 Å². The van der Waals surface area contributed by atoms with Crippen LogP contribution in [0.4, 0.5) is 22.4 Å². The van der Waals surface area contributed by atoms with Crippen LogP contribution in [-0.2, 0) is 23.2 Å². The molecule has 0 atom stereocenters. The molecule has 11 nitrogen and oxygen atoms in total. The molecule has 34 heavy (non-hydrogen) atoms. The van der Waals surface area contributed by atoms with Crippen LogP contribution in [0.2, 0.25) is 5.02 Å². The van der Waals surface area contributed by atoms with E-state index >= 15 is 0 Å². The van der Waals surface area contributed by atoms with Crippen molar-refractivity contribution in [3.63, 3.8) is 0 Å². The first kappa shape index (κ1) is 25.2. The maximum absolute atomic E-state index is 14.5. The number of nitrogens with zero attached hydrogens (tertiary/aromatic N) is 3. The van der Waals surface area contributed by atoms with Crippen LogP contribution in [0.1, 0.15) is 16.1 Å². The fraction of sp³-hybridized carbons (Fsp3) is 0.294. The molecule has 1 aromatic carbocycles. The lowest BCUT2D eigenvalue weighted by atomic mass is 10.1. The van der Waals surface area contributed by atoms with Gasteiger partial charge in [0, 0.05) is 26.2 Å². The van der Waals surface area contributed by atoms with Crippen LogP contribution in [0.3, 0.4) is 0 Å². The molecule has 0 bridgehead atoms. The van der Waals surface area contributed by atoms with Gasteiger partial charge in [-0.1, -0.05) is 11.6 Å². The van der Waals surface area contributed by atoms with Gasteiger partial charge in [0.2, 0.25) is 10.0 Å². The second-order valence-electron chi connectivity index (χ2n) is 7.11. The second kappa shape index (κ2) is 8.43. The molecule has 3 rings (SSSR count). The molecule has 0 radical (unpaired) electrons. The smallest absolute Gasteiger partial charge is 0.431 e. The Morgan fingerprint density at radius 1 is 1.18 bits per heavy atom. The van der Waals surface area contributed by atoms with Crippen LogP contribution in [0.15, 0.2) is 27.8 Å². The Hall–Kier alpha value is -3.40. The molecule has 1 fully saturated rings. The maximum atomic E-state index is 14.5. The molecule has 2 amide bonds. The standard InChI is InChI=1S/C17H13ClF4N4O7S/c1-24-12(17(20,21)22)4-13(27)26(15(24)29)11-2-8(9(18)3-10(11)19)14(28)23-34(32,33)7-5-25(6-7)16(30)31/h2-4,7H,5-6H2,1H3,(H,23,28)(H,30,31). The highest BCUT2D eigenvalue weighted by molar-refractivity contribution is 7.90. The van der Waals surface area contributed by atoms with Gasteiger partial charge in [0.1, 0.15) is 16.8 Å². The highest BCUT2D eigenvalue weighted by Crippen LogP contribution is 2.28. The predicted molar refractivity (Wildman–Crippen MR) is 107 cm³/mol. The number of aromatic nitrogens is 2. The number of nitrogens with one attached hydrogen (secondary N) is 1. The van der Waals surface area contributed by atoms with E-state index in [1.807, 2.05) is 0 Å². The number of hydrogen-bond donors (Lipinski definition) is 2. The van der Waals surface area contributed by atoms with Crippen LogP contribution in [0.25, 0.3) is 5.69 Å². The number of hydrogen-bond acceptors (Lipinski definition) is 6. The number of carbonyl (C=O) groups excluding carboxylic acids is 1. The molecule has 0 saturated carbocycles. The van der Waals surface area contributed by atoms with Gasteiger partial charge in [-0.05, 0) is 12.1 Å². The summed E-state index contributed by atoms with van der Waals surface area (Å²) in [5.74, 6) is -2.77. The number of amides is 2. The van der Waals surface area contributed by atoms with E-state index in [2.05, 4.69) is 0 Å². The number of rotatable bonds is 4. The zero-order valence-electron chi connectivity index (χ0n) is 16.8. The third-order valence-electron chi connectivity index (χ3n) is 4.92. The lowest BCUT2D eigenvalue weighted by Gasteiger charge is -2.36. The molecule has 2 aromatic rings. The second-order valence-corrected chi connectivity index (χ2v) is 9.48. The van der Waals surface area contributed by atoms with Gasteiger partial charge in [-0.25, -0.2) is 31.7 Å².